The van der Waals surface area contributed by atoms with Gasteiger partial charge in [0, 0.05) is 19.2 Å². The molecular formula is C17H23NO4. The second-order valence-electron chi connectivity index (χ2n) is 4.81. The molecule has 0 aliphatic rings. The van der Waals surface area contributed by atoms with Gasteiger partial charge in [0.25, 0.3) is 0 Å². The molecule has 0 aliphatic heterocycles. The number of likely N-dealkylation sites (N-methyl/N-ethyl adjacent to an activating group) is 1. The minimum Gasteiger partial charge on any atom is -0.494 e. The van der Waals surface area contributed by atoms with E-state index in [1.54, 1.807) is 6.08 Å². The van der Waals surface area contributed by atoms with Gasteiger partial charge in [-0.05, 0) is 37.1 Å². The molecule has 1 N–H and O–H groups in total. The standard InChI is InChI=1S/C17H23NO4/c1-3-13-22-15-8-5-14(6-9-15)7-10-16(19)18(4-2)12-11-17(20)21/h5-10H,3-4,11-13H2,1-2H3,(H,20,21)/b10-7+. The first-order valence-corrected chi connectivity index (χ1v) is 7.48. The number of carboxylic acid groups (broad SMARTS) is 1. The molecule has 5 heteroatoms. The number of hydrogen-bond donors (Lipinski definition) is 1. The van der Waals surface area contributed by atoms with Crippen LogP contribution in [0.15, 0.2) is 30.3 Å². The van der Waals surface area contributed by atoms with Crippen LogP contribution in [-0.2, 0) is 9.59 Å². The van der Waals surface area contributed by atoms with Crippen molar-refractivity contribution in [2.24, 2.45) is 0 Å². The first-order valence-electron chi connectivity index (χ1n) is 7.48. The van der Waals surface area contributed by atoms with Crippen LogP contribution in [0.2, 0.25) is 0 Å². The van der Waals surface area contributed by atoms with Gasteiger partial charge < -0.3 is 14.7 Å². The summed E-state index contributed by atoms with van der Waals surface area (Å²) >= 11 is 0. The second-order valence-corrected chi connectivity index (χ2v) is 4.81. The highest BCUT2D eigenvalue weighted by atomic mass is 16.5. The molecule has 1 aromatic carbocycles. The Kier molecular flexibility index (Phi) is 7.75. The van der Waals surface area contributed by atoms with Crippen LogP contribution in [0, 0.1) is 0 Å². The van der Waals surface area contributed by atoms with E-state index in [1.165, 1.54) is 11.0 Å². The fraction of sp³-hybridized carbons (Fsp3) is 0.412. The van der Waals surface area contributed by atoms with Crippen LogP contribution >= 0.6 is 0 Å². The number of nitrogens with zero attached hydrogens (tertiary/aromatic N) is 1. The van der Waals surface area contributed by atoms with Crippen molar-refractivity contribution in [3.8, 4) is 5.75 Å². The molecule has 0 aromatic heterocycles. The Hall–Kier alpha value is -2.30. The molecule has 0 saturated heterocycles. The van der Waals surface area contributed by atoms with E-state index in [-0.39, 0.29) is 18.9 Å². The Labute approximate surface area is 131 Å². The van der Waals surface area contributed by atoms with Crippen LogP contribution in [0.5, 0.6) is 5.75 Å². The van der Waals surface area contributed by atoms with Crippen LogP contribution in [0.4, 0.5) is 0 Å². The lowest BCUT2D eigenvalue weighted by molar-refractivity contribution is -0.137. The minimum absolute atomic E-state index is 0.0448. The van der Waals surface area contributed by atoms with Crippen molar-refractivity contribution in [1.82, 2.24) is 4.90 Å². The average Bonchev–Trinajstić information content (AvgIpc) is 2.52. The quantitative estimate of drug-likeness (QED) is 0.712. The number of hydrogen-bond acceptors (Lipinski definition) is 3. The summed E-state index contributed by atoms with van der Waals surface area (Å²) in [6, 6.07) is 7.48. The lowest BCUT2D eigenvalue weighted by Crippen LogP contribution is -2.31. The van der Waals surface area contributed by atoms with Crippen molar-refractivity contribution < 1.29 is 19.4 Å². The molecule has 22 heavy (non-hydrogen) atoms. The van der Waals surface area contributed by atoms with Crippen molar-refractivity contribution in [3.63, 3.8) is 0 Å². The minimum atomic E-state index is -0.905. The van der Waals surface area contributed by atoms with E-state index in [2.05, 4.69) is 0 Å². The summed E-state index contributed by atoms with van der Waals surface area (Å²) in [6.45, 7) is 5.27. The van der Waals surface area contributed by atoms with Crippen molar-refractivity contribution in [2.75, 3.05) is 19.7 Å². The summed E-state index contributed by atoms with van der Waals surface area (Å²) in [7, 11) is 0. The first-order chi connectivity index (χ1) is 10.6. The SMILES string of the molecule is CCCOc1ccc(/C=C/C(=O)N(CC)CCC(=O)O)cc1. The molecule has 1 aromatic rings. The maximum Gasteiger partial charge on any atom is 0.305 e. The van der Waals surface area contributed by atoms with Crippen molar-refractivity contribution in [1.29, 1.82) is 0 Å². The van der Waals surface area contributed by atoms with Crippen LogP contribution in [0.1, 0.15) is 32.3 Å². The molecule has 1 amide bonds. The highest BCUT2D eigenvalue weighted by Gasteiger charge is 2.09. The van der Waals surface area contributed by atoms with Gasteiger partial charge in [0.15, 0.2) is 0 Å². The average molecular weight is 305 g/mol. The van der Waals surface area contributed by atoms with Gasteiger partial charge in [-0.3, -0.25) is 9.59 Å². The lowest BCUT2D eigenvalue weighted by Gasteiger charge is -2.17. The van der Waals surface area contributed by atoms with Crippen molar-refractivity contribution >= 4 is 18.0 Å². The molecule has 1 rings (SSSR count). The van der Waals surface area contributed by atoms with Gasteiger partial charge in [-0.25, -0.2) is 0 Å². The fourth-order valence-electron chi connectivity index (χ4n) is 1.82. The third-order valence-corrected chi connectivity index (χ3v) is 3.06. The van der Waals surface area contributed by atoms with Gasteiger partial charge in [-0.2, -0.15) is 0 Å². The molecular weight excluding hydrogens is 282 g/mol. The summed E-state index contributed by atoms with van der Waals surface area (Å²) < 4.78 is 5.49. The number of ether oxygens (including phenoxy) is 1. The van der Waals surface area contributed by atoms with Gasteiger partial charge in [-0.1, -0.05) is 19.1 Å². The summed E-state index contributed by atoms with van der Waals surface area (Å²) in [5.74, 6) is -0.282. The smallest absolute Gasteiger partial charge is 0.305 e. The molecule has 0 radical (unpaired) electrons. The van der Waals surface area contributed by atoms with E-state index in [0.29, 0.717) is 13.2 Å². The van der Waals surface area contributed by atoms with E-state index in [1.807, 2.05) is 38.1 Å². The summed E-state index contributed by atoms with van der Waals surface area (Å²) in [6.07, 6.45) is 4.10. The van der Waals surface area contributed by atoms with E-state index in [9.17, 15) is 9.59 Å². The van der Waals surface area contributed by atoms with Gasteiger partial charge in [0.05, 0.1) is 13.0 Å². The normalized spacial score (nSPS) is 10.6. The molecule has 5 nitrogen and oxygen atoms in total. The lowest BCUT2D eigenvalue weighted by atomic mass is 10.2. The summed E-state index contributed by atoms with van der Waals surface area (Å²) in [5, 5.41) is 8.67. The Balaban J connectivity index is 2.58. The Bertz CT molecular complexity index is 508. The molecule has 0 heterocycles. The van der Waals surface area contributed by atoms with Crippen molar-refractivity contribution in [2.45, 2.75) is 26.7 Å². The number of rotatable bonds is 9. The van der Waals surface area contributed by atoms with Gasteiger partial charge in [0.1, 0.15) is 5.75 Å². The number of carboxylic acids is 1. The number of carbonyl (C=O) groups excluding carboxylic acids is 1. The summed E-state index contributed by atoms with van der Waals surface area (Å²) in [5.41, 5.74) is 0.895. The van der Waals surface area contributed by atoms with E-state index >= 15 is 0 Å². The fourth-order valence-corrected chi connectivity index (χ4v) is 1.82. The predicted octanol–water partition coefficient (Wildman–Crippen LogP) is 2.81. The largest absolute Gasteiger partial charge is 0.494 e. The molecule has 120 valence electrons. The monoisotopic (exact) mass is 305 g/mol. The highest BCUT2D eigenvalue weighted by Crippen LogP contribution is 2.13. The predicted molar refractivity (Wildman–Crippen MR) is 85.8 cm³/mol. The van der Waals surface area contributed by atoms with Gasteiger partial charge >= 0.3 is 5.97 Å². The molecule has 0 bridgehead atoms. The molecule has 0 aliphatic carbocycles. The second kappa shape index (κ2) is 9.60. The molecule has 0 unspecified atom stereocenters. The maximum atomic E-state index is 12.0. The molecule has 0 fully saturated rings. The third-order valence-electron chi connectivity index (χ3n) is 3.06. The van der Waals surface area contributed by atoms with E-state index < -0.39 is 5.97 Å². The van der Waals surface area contributed by atoms with Crippen molar-refractivity contribution in [3.05, 3.63) is 35.9 Å². The molecule has 0 atom stereocenters. The molecule has 0 spiro atoms. The Morgan fingerprint density at radius 3 is 2.45 bits per heavy atom. The van der Waals surface area contributed by atoms with Gasteiger partial charge in [0.2, 0.25) is 5.91 Å². The van der Waals surface area contributed by atoms with E-state index in [0.717, 1.165) is 17.7 Å². The van der Waals surface area contributed by atoms with Crippen LogP contribution < -0.4 is 4.74 Å². The van der Waals surface area contributed by atoms with Crippen LogP contribution in [0.25, 0.3) is 6.08 Å². The number of benzene rings is 1. The molecule has 0 saturated carbocycles. The number of aliphatic carboxylic acids is 1. The van der Waals surface area contributed by atoms with Crippen LogP contribution in [-0.4, -0.2) is 41.6 Å². The van der Waals surface area contributed by atoms with Crippen LogP contribution in [0.3, 0.4) is 0 Å². The Morgan fingerprint density at radius 1 is 1.23 bits per heavy atom. The zero-order chi connectivity index (χ0) is 16.4. The van der Waals surface area contributed by atoms with Gasteiger partial charge in [-0.15, -0.1) is 0 Å². The highest BCUT2D eigenvalue weighted by molar-refractivity contribution is 5.92. The zero-order valence-corrected chi connectivity index (χ0v) is 13.1. The zero-order valence-electron chi connectivity index (χ0n) is 13.1. The Morgan fingerprint density at radius 2 is 1.91 bits per heavy atom. The van der Waals surface area contributed by atoms with E-state index in [4.69, 9.17) is 9.84 Å². The summed E-state index contributed by atoms with van der Waals surface area (Å²) in [4.78, 5) is 24.1. The first kappa shape index (κ1) is 17.8. The number of carbonyl (C=O) groups is 2. The maximum absolute atomic E-state index is 12.0. The number of amides is 1. The third kappa shape index (κ3) is 6.43. The topological polar surface area (TPSA) is 66.8 Å².